The second-order valence-corrected chi connectivity index (χ2v) is 12.1. The van der Waals surface area contributed by atoms with Crippen LogP contribution < -0.4 is 5.32 Å². The third-order valence-electron chi connectivity index (χ3n) is 7.94. The lowest BCUT2D eigenvalue weighted by molar-refractivity contribution is -0.137. The van der Waals surface area contributed by atoms with Gasteiger partial charge in [-0.15, -0.1) is 0 Å². The average Bonchev–Trinajstić information content (AvgIpc) is 3.72. The number of hydrogen-bond acceptors (Lipinski definition) is 4. The zero-order valence-corrected chi connectivity index (χ0v) is 23.8. The van der Waals surface area contributed by atoms with E-state index < -0.39 is 11.7 Å². The predicted octanol–water partition coefficient (Wildman–Crippen LogP) is 8.66. The number of halogens is 5. The molecule has 0 amide bonds. The van der Waals surface area contributed by atoms with Crippen LogP contribution in [0.25, 0.3) is 22.0 Å². The van der Waals surface area contributed by atoms with Crippen molar-refractivity contribution in [2.75, 3.05) is 26.0 Å². The van der Waals surface area contributed by atoms with Crippen molar-refractivity contribution in [2.24, 2.45) is 11.8 Å². The van der Waals surface area contributed by atoms with Gasteiger partial charge >= 0.3 is 6.18 Å². The van der Waals surface area contributed by atoms with Crippen LogP contribution >= 0.6 is 23.2 Å². The number of nitrogens with one attached hydrogen (secondary N) is 1. The monoisotopic (exact) mass is 577 g/mol. The van der Waals surface area contributed by atoms with Gasteiger partial charge in [-0.05, 0) is 106 Å². The summed E-state index contributed by atoms with van der Waals surface area (Å²) in [6.07, 6.45) is 2.42. The molecule has 1 N–H and O–H groups in total. The van der Waals surface area contributed by atoms with E-state index in [2.05, 4.69) is 29.3 Å². The molecule has 1 aromatic heterocycles. The van der Waals surface area contributed by atoms with E-state index in [0.717, 1.165) is 51.1 Å². The van der Waals surface area contributed by atoms with Gasteiger partial charge in [0.2, 0.25) is 0 Å². The number of anilines is 1. The van der Waals surface area contributed by atoms with Gasteiger partial charge in [-0.25, -0.2) is 0 Å². The molecule has 2 aromatic carbocycles. The van der Waals surface area contributed by atoms with Crippen molar-refractivity contribution >= 4 is 45.6 Å². The molecular weight excluding hydrogens is 546 g/mol. The molecule has 2 aliphatic rings. The highest BCUT2D eigenvalue weighted by Gasteiger charge is 2.37. The van der Waals surface area contributed by atoms with Crippen molar-refractivity contribution in [3.05, 3.63) is 57.2 Å². The lowest BCUT2D eigenvalue weighted by atomic mass is 9.85. The number of aromatic nitrogens is 1. The highest BCUT2D eigenvalue weighted by atomic mass is 35.5. The summed E-state index contributed by atoms with van der Waals surface area (Å²) in [6, 6.07) is 5.69. The Morgan fingerprint density at radius 1 is 1.03 bits per heavy atom. The first-order valence-corrected chi connectivity index (χ1v) is 14.1. The molecule has 0 aliphatic heterocycles. The van der Waals surface area contributed by atoms with Crippen LogP contribution in [0.1, 0.15) is 60.0 Å². The largest absolute Gasteiger partial charge is 0.417 e. The van der Waals surface area contributed by atoms with Crippen LogP contribution in [0, 0.1) is 18.8 Å². The molecule has 0 saturated heterocycles. The fraction of sp³-hybridized carbons (Fsp3) is 0.467. The summed E-state index contributed by atoms with van der Waals surface area (Å²) in [6.45, 7) is 2.75. The summed E-state index contributed by atoms with van der Waals surface area (Å²) in [5, 5.41) is 4.66. The zero-order valence-electron chi connectivity index (χ0n) is 22.3. The molecule has 5 rings (SSSR count). The Bertz CT molecular complexity index is 1390. The van der Waals surface area contributed by atoms with Gasteiger partial charge in [0.25, 0.3) is 0 Å². The number of nitrogens with zero attached hydrogens (tertiary/aromatic N) is 2. The number of rotatable bonds is 7. The molecule has 1 heterocycles. The molecule has 9 heteroatoms. The van der Waals surface area contributed by atoms with Crippen LogP contribution in [0.5, 0.6) is 0 Å². The molecule has 0 atom stereocenters. The quantitative estimate of drug-likeness (QED) is 0.285. The van der Waals surface area contributed by atoms with E-state index in [9.17, 15) is 18.0 Å². The molecule has 208 valence electrons. The van der Waals surface area contributed by atoms with Crippen LogP contribution in [-0.4, -0.2) is 42.3 Å². The van der Waals surface area contributed by atoms with E-state index in [-0.39, 0.29) is 44.4 Å². The van der Waals surface area contributed by atoms with Crippen molar-refractivity contribution in [1.29, 1.82) is 0 Å². The Morgan fingerprint density at radius 3 is 2.23 bits per heavy atom. The van der Waals surface area contributed by atoms with Crippen LogP contribution in [0.15, 0.2) is 30.5 Å². The average molecular weight is 579 g/mol. The minimum absolute atomic E-state index is 0.00364. The lowest BCUT2D eigenvalue weighted by Crippen LogP contribution is -2.31. The number of hydrogen-bond donors (Lipinski definition) is 1. The first-order chi connectivity index (χ1) is 18.4. The second kappa shape index (κ2) is 10.9. The Morgan fingerprint density at radius 2 is 1.67 bits per heavy atom. The Labute approximate surface area is 236 Å². The number of carbonyl (C=O) groups excluding carboxylic acids is 1. The summed E-state index contributed by atoms with van der Waals surface area (Å²) < 4.78 is 42.9. The predicted molar refractivity (Wildman–Crippen MR) is 152 cm³/mol. The van der Waals surface area contributed by atoms with Crippen molar-refractivity contribution in [3.8, 4) is 11.1 Å². The van der Waals surface area contributed by atoms with Gasteiger partial charge in [-0.3, -0.25) is 9.78 Å². The zero-order chi connectivity index (χ0) is 28.1. The van der Waals surface area contributed by atoms with Gasteiger partial charge < -0.3 is 10.2 Å². The molecule has 2 saturated carbocycles. The molecule has 4 nitrogen and oxygen atoms in total. The molecule has 0 unspecified atom stereocenters. The third kappa shape index (κ3) is 6.06. The van der Waals surface area contributed by atoms with Crippen molar-refractivity contribution in [3.63, 3.8) is 0 Å². The molecule has 0 radical (unpaired) electrons. The molecule has 39 heavy (non-hydrogen) atoms. The molecule has 2 fully saturated rings. The maximum Gasteiger partial charge on any atom is 0.417 e. The smallest absolute Gasteiger partial charge is 0.381 e. The first kappa shape index (κ1) is 28.2. The maximum atomic E-state index is 14.3. The summed E-state index contributed by atoms with van der Waals surface area (Å²) in [4.78, 5) is 19.8. The van der Waals surface area contributed by atoms with Crippen LogP contribution in [0.4, 0.5) is 18.9 Å². The minimum atomic E-state index is -4.63. The summed E-state index contributed by atoms with van der Waals surface area (Å²) in [5.41, 5.74) is 1.20. The Hall–Kier alpha value is -2.35. The number of benzene rings is 2. The second-order valence-electron chi connectivity index (χ2n) is 11.3. The molecule has 0 bridgehead atoms. The molecular formula is C30H32Cl2F3N3O. The fourth-order valence-corrected chi connectivity index (χ4v) is 6.12. The third-order valence-corrected chi connectivity index (χ3v) is 8.72. The van der Waals surface area contributed by atoms with Crippen molar-refractivity contribution < 1.29 is 18.0 Å². The number of alkyl halides is 3. The molecule has 0 spiro atoms. The highest BCUT2D eigenvalue weighted by molar-refractivity contribution is 6.36. The van der Waals surface area contributed by atoms with Crippen LogP contribution in [-0.2, 0) is 6.18 Å². The van der Waals surface area contributed by atoms with E-state index in [1.807, 2.05) is 0 Å². The minimum Gasteiger partial charge on any atom is -0.381 e. The van der Waals surface area contributed by atoms with Gasteiger partial charge in [-0.2, -0.15) is 13.2 Å². The standard InChI is InChI=1S/C30H32Cl2F3N3O/c1-16-25(31)10-19(11-26(16)32)21-12-22-27(13-24(21)30(33,34)35)36-14-23(29(39)18-6-7-18)28(22)37-20-8-4-17(5-9-20)15-38(2)3/h10-14,17-18,20H,4-9,15H2,1-3H3,(H,36,37)/t17-,20-. The fourth-order valence-electron chi connectivity index (χ4n) is 5.63. The van der Waals surface area contributed by atoms with E-state index in [1.165, 1.54) is 24.4 Å². The van der Waals surface area contributed by atoms with E-state index in [0.29, 0.717) is 28.1 Å². The van der Waals surface area contributed by atoms with Gasteiger partial charge in [-0.1, -0.05) is 23.2 Å². The van der Waals surface area contributed by atoms with E-state index in [4.69, 9.17) is 23.2 Å². The Kier molecular flexibility index (Phi) is 7.88. The SMILES string of the molecule is Cc1c(Cl)cc(-c2cc3c(N[C@H]4CC[C@H](CN(C)C)CC4)c(C(=O)C4CC4)cnc3cc2C(F)(F)F)cc1Cl. The maximum absolute atomic E-state index is 14.3. The van der Waals surface area contributed by atoms with E-state index in [1.54, 1.807) is 6.92 Å². The number of fused-ring (bicyclic) bond motifs is 1. The van der Waals surface area contributed by atoms with E-state index >= 15 is 0 Å². The van der Waals surface area contributed by atoms with Crippen LogP contribution in [0.3, 0.4) is 0 Å². The Balaban J connectivity index is 1.63. The lowest BCUT2D eigenvalue weighted by Gasteiger charge is -2.32. The number of ketones is 1. The molecule has 3 aromatic rings. The number of Topliss-reactive ketones (excluding diaryl/α,β-unsaturated/α-hetero) is 1. The van der Waals surface area contributed by atoms with Crippen molar-refractivity contribution in [2.45, 2.75) is 57.7 Å². The molecule has 2 aliphatic carbocycles. The van der Waals surface area contributed by atoms with Gasteiger partial charge in [0, 0.05) is 40.1 Å². The van der Waals surface area contributed by atoms with Crippen LogP contribution in [0.2, 0.25) is 10.0 Å². The normalized spacial score (nSPS) is 20.0. The summed E-state index contributed by atoms with van der Waals surface area (Å²) in [7, 11) is 4.15. The van der Waals surface area contributed by atoms with Gasteiger partial charge in [0.15, 0.2) is 5.78 Å². The first-order valence-electron chi connectivity index (χ1n) is 13.4. The van der Waals surface area contributed by atoms with Crippen molar-refractivity contribution in [1.82, 2.24) is 9.88 Å². The highest BCUT2D eigenvalue weighted by Crippen LogP contribution is 2.44. The number of carbonyl (C=O) groups is 1. The summed E-state index contributed by atoms with van der Waals surface area (Å²) in [5.74, 6) is 0.553. The summed E-state index contributed by atoms with van der Waals surface area (Å²) >= 11 is 12.7. The topological polar surface area (TPSA) is 45.2 Å². The van der Waals surface area contributed by atoms with Gasteiger partial charge in [0.05, 0.1) is 22.3 Å². The number of pyridine rings is 1. The van der Waals surface area contributed by atoms with Gasteiger partial charge in [0.1, 0.15) is 0 Å².